The van der Waals surface area contributed by atoms with Gasteiger partial charge in [0, 0.05) is 12.0 Å². The van der Waals surface area contributed by atoms with Crippen molar-refractivity contribution in [3.63, 3.8) is 0 Å². The number of rotatable bonds is 2. The quantitative estimate of drug-likeness (QED) is 0.430. The Morgan fingerprint density at radius 2 is 2.40 bits per heavy atom. The minimum atomic E-state index is 0.258. The summed E-state index contributed by atoms with van der Waals surface area (Å²) in [6.07, 6.45) is 4.21. The van der Waals surface area contributed by atoms with Gasteiger partial charge in [0.15, 0.2) is 5.78 Å². The molecule has 1 fully saturated rings. The molecule has 0 saturated heterocycles. The summed E-state index contributed by atoms with van der Waals surface area (Å²) >= 11 is 0. The number of Topliss-reactive ketones (excluding diaryl/α,β-unsaturated/α-hetero) is 1. The highest BCUT2D eigenvalue weighted by molar-refractivity contribution is 5.97. The van der Waals surface area contributed by atoms with E-state index in [-0.39, 0.29) is 5.78 Å². The maximum Gasteiger partial charge on any atom is 0.161 e. The van der Waals surface area contributed by atoms with Crippen LogP contribution >= 0.6 is 0 Å². The van der Waals surface area contributed by atoms with Crippen molar-refractivity contribution in [1.29, 1.82) is 0 Å². The molecule has 0 bridgehead atoms. The number of hydrogen-bond donors (Lipinski definition) is 0. The fourth-order valence-electron chi connectivity index (χ4n) is 1.05. The maximum atomic E-state index is 10.9. The Morgan fingerprint density at radius 1 is 1.60 bits per heavy atom. The van der Waals surface area contributed by atoms with Crippen LogP contribution in [0.1, 0.15) is 26.2 Å². The van der Waals surface area contributed by atoms with Crippen LogP contribution in [0.25, 0.3) is 0 Å². The largest absolute Gasteiger partial charge is 0.501 e. The second-order valence-electron chi connectivity index (χ2n) is 2.38. The van der Waals surface area contributed by atoms with E-state index in [0.717, 1.165) is 18.4 Å². The van der Waals surface area contributed by atoms with Crippen molar-refractivity contribution in [2.75, 3.05) is 6.61 Å². The highest BCUT2D eigenvalue weighted by Crippen LogP contribution is 2.19. The summed E-state index contributed by atoms with van der Waals surface area (Å²) in [6, 6.07) is 0. The maximum absolute atomic E-state index is 10.9. The van der Waals surface area contributed by atoms with Gasteiger partial charge in [0.25, 0.3) is 0 Å². The van der Waals surface area contributed by atoms with Crippen molar-refractivity contribution >= 4 is 5.78 Å². The minimum Gasteiger partial charge on any atom is -0.501 e. The van der Waals surface area contributed by atoms with Crippen molar-refractivity contribution in [1.82, 2.24) is 0 Å². The Bertz CT molecular complexity index is 159. The zero-order valence-electron chi connectivity index (χ0n) is 6.22. The van der Waals surface area contributed by atoms with Crippen molar-refractivity contribution in [2.45, 2.75) is 26.2 Å². The van der Waals surface area contributed by atoms with Crippen LogP contribution in [0.15, 0.2) is 11.8 Å². The average molecular weight is 140 g/mol. The third-order valence-electron chi connectivity index (χ3n) is 1.60. The molecule has 0 amide bonds. The van der Waals surface area contributed by atoms with E-state index in [1.54, 1.807) is 6.26 Å². The number of carbonyl (C=O) groups excluding carboxylic acids is 1. The highest BCUT2D eigenvalue weighted by Gasteiger charge is 2.16. The van der Waals surface area contributed by atoms with Crippen LogP contribution in [-0.4, -0.2) is 12.4 Å². The molecular weight excluding hydrogens is 128 g/mol. The summed E-state index contributed by atoms with van der Waals surface area (Å²) in [6.45, 7) is 2.56. The van der Waals surface area contributed by atoms with Crippen molar-refractivity contribution in [3.8, 4) is 0 Å². The summed E-state index contributed by atoms with van der Waals surface area (Å²) in [7, 11) is 0. The van der Waals surface area contributed by atoms with E-state index in [1.807, 2.05) is 6.92 Å². The molecule has 2 heteroatoms. The first-order chi connectivity index (χ1) is 4.84. The highest BCUT2D eigenvalue weighted by atomic mass is 16.5. The molecule has 0 heterocycles. The molecule has 1 aliphatic rings. The number of ether oxygens (including phenoxy) is 1. The predicted molar refractivity (Wildman–Crippen MR) is 38.6 cm³/mol. The first-order valence-corrected chi connectivity index (χ1v) is 3.68. The lowest BCUT2D eigenvalue weighted by Crippen LogP contribution is -1.92. The molecular formula is C8H12O2. The minimum absolute atomic E-state index is 0.258. The second-order valence-corrected chi connectivity index (χ2v) is 2.38. The van der Waals surface area contributed by atoms with Gasteiger partial charge in [-0.05, 0) is 19.8 Å². The van der Waals surface area contributed by atoms with Gasteiger partial charge in [0.2, 0.25) is 0 Å². The van der Waals surface area contributed by atoms with Crippen LogP contribution in [0.3, 0.4) is 0 Å². The SMILES string of the molecule is CCOC=C1CCCC1=O. The van der Waals surface area contributed by atoms with E-state index in [9.17, 15) is 4.79 Å². The molecule has 1 rings (SSSR count). The zero-order chi connectivity index (χ0) is 7.40. The monoisotopic (exact) mass is 140 g/mol. The molecule has 0 aromatic carbocycles. The molecule has 1 saturated carbocycles. The standard InChI is InChI=1S/C8H12O2/c1-2-10-6-7-4-3-5-8(7)9/h6H,2-5H2,1H3. The summed E-state index contributed by atoms with van der Waals surface area (Å²) in [4.78, 5) is 10.9. The summed E-state index contributed by atoms with van der Waals surface area (Å²) in [5, 5.41) is 0. The van der Waals surface area contributed by atoms with Gasteiger partial charge in [-0.3, -0.25) is 4.79 Å². The molecule has 10 heavy (non-hydrogen) atoms. The van der Waals surface area contributed by atoms with Crippen LogP contribution in [0.2, 0.25) is 0 Å². The van der Waals surface area contributed by atoms with Crippen LogP contribution in [0, 0.1) is 0 Å². The normalized spacial score (nSPS) is 22.1. The van der Waals surface area contributed by atoms with Gasteiger partial charge < -0.3 is 4.74 Å². The summed E-state index contributed by atoms with van der Waals surface area (Å²) in [5.41, 5.74) is 0.863. The van der Waals surface area contributed by atoms with Gasteiger partial charge in [0.05, 0.1) is 12.9 Å². The van der Waals surface area contributed by atoms with Gasteiger partial charge in [-0.1, -0.05) is 0 Å². The zero-order valence-corrected chi connectivity index (χ0v) is 6.22. The predicted octanol–water partition coefficient (Wildman–Crippen LogP) is 1.66. The Balaban J connectivity index is 2.46. The van der Waals surface area contributed by atoms with Gasteiger partial charge in [-0.25, -0.2) is 0 Å². The molecule has 2 nitrogen and oxygen atoms in total. The van der Waals surface area contributed by atoms with Gasteiger partial charge in [-0.2, -0.15) is 0 Å². The van der Waals surface area contributed by atoms with Crippen molar-refractivity contribution in [3.05, 3.63) is 11.8 Å². The van der Waals surface area contributed by atoms with Crippen molar-refractivity contribution < 1.29 is 9.53 Å². The Kier molecular flexibility index (Phi) is 2.49. The molecule has 0 aromatic heterocycles. The fourth-order valence-corrected chi connectivity index (χ4v) is 1.05. The fraction of sp³-hybridized carbons (Fsp3) is 0.625. The first kappa shape index (κ1) is 7.32. The lowest BCUT2D eigenvalue weighted by atomic mass is 10.2. The third kappa shape index (κ3) is 1.59. The third-order valence-corrected chi connectivity index (χ3v) is 1.60. The Labute approximate surface area is 60.9 Å². The van der Waals surface area contributed by atoms with E-state index in [1.165, 1.54) is 0 Å². The number of ketones is 1. The molecule has 56 valence electrons. The second kappa shape index (κ2) is 3.40. The topological polar surface area (TPSA) is 26.3 Å². The molecule has 0 N–H and O–H groups in total. The van der Waals surface area contributed by atoms with E-state index in [4.69, 9.17) is 4.74 Å². The Morgan fingerprint density at radius 3 is 2.90 bits per heavy atom. The molecule has 0 atom stereocenters. The molecule has 1 aliphatic carbocycles. The number of hydrogen-bond acceptors (Lipinski definition) is 2. The Hall–Kier alpha value is -0.790. The smallest absolute Gasteiger partial charge is 0.161 e. The molecule has 0 unspecified atom stereocenters. The number of carbonyl (C=O) groups is 1. The van der Waals surface area contributed by atoms with E-state index < -0.39 is 0 Å². The van der Waals surface area contributed by atoms with Crippen LogP contribution < -0.4 is 0 Å². The van der Waals surface area contributed by atoms with Gasteiger partial charge in [-0.15, -0.1) is 0 Å². The van der Waals surface area contributed by atoms with Crippen LogP contribution in [-0.2, 0) is 9.53 Å². The van der Waals surface area contributed by atoms with Crippen LogP contribution in [0.4, 0.5) is 0 Å². The molecule has 0 aliphatic heterocycles. The summed E-state index contributed by atoms with van der Waals surface area (Å²) < 4.78 is 5.00. The van der Waals surface area contributed by atoms with E-state index >= 15 is 0 Å². The lowest BCUT2D eigenvalue weighted by molar-refractivity contribution is -0.114. The summed E-state index contributed by atoms with van der Waals surface area (Å²) in [5.74, 6) is 0.258. The molecule has 0 radical (unpaired) electrons. The van der Waals surface area contributed by atoms with Crippen LogP contribution in [0.5, 0.6) is 0 Å². The first-order valence-electron chi connectivity index (χ1n) is 3.68. The van der Waals surface area contributed by atoms with E-state index in [2.05, 4.69) is 0 Å². The molecule has 0 spiro atoms. The number of allylic oxidation sites excluding steroid dienone is 1. The lowest BCUT2D eigenvalue weighted by Gasteiger charge is -1.95. The van der Waals surface area contributed by atoms with Gasteiger partial charge in [0.1, 0.15) is 0 Å². The molecule has 0 aromatic rings. The van der Waals surface area contributed by atoms with E-state index in [0.29, 0.717) is 13.0 Å². The van der Waals surface area contributed by atoms with Crippen molar-refractivity contribution in [2.24, 2.45) is 0 Å². The average Bonchev–Trinajstić information content (AvgIpc) is 2.31. The van der Waals surface area contributed by atoms with Gasteiger partial charge >= 0.3 is 0 Å².